The molecule has 0 spiro atoms. The molecule has 0 nitrogen and oxygen atoms in total. The van der Waals surface area contributed by atoms with Crippen LogP contribution in [0.2, 0.25) is 0 Å². The summed E-state index contributed by atoms with van der Waals surface area (Å²) >= 11 is 13.0. The van der Waals surface area contributed by atoms with Gasteiger partial charge in [0.1, 0.15) is 0 Å². The third-order valence-electron chi connectivity index (χ3n) is 4.70. The summed E-state index contributed by atoms with van der Waals surface area (Å²) in [7, 11) is 0. The number of fused-ring (bicyclic) bond motifs is 3. The average molecular weight is 319 g/mol. The van der Waals surface area contributed by atoms with Crippen LogP contribution in [0.25, 0.3) is 11.1 Å². The minimum Gasteiger partial charge on any atom is -0.125 e. The van der Waals surface area contributed by atoms with Crippen LogP contribution in [0.1, 0.15) is 42.0 Å². The van der Waals surface area contributed by atoms with Gasteiger partial charge in [0.15, 0.2) is 0 Å². The molecule has 21 heavy (non-hydrogen) atoms. The van der Waals surface area contributed by atoms with Crippen molar-refractivity contribution in [2.45, 2.75) is 32.1 Å². The molecule has 3 rings (SSSR count). The van der Waals surface area contributed by atoms with Crippen LogP contribution in [0.5, 0.6) is 0 Å². The van der Waals surface area contributed by atoms with Crippen molar-refractivity contribution in [3.8, 4) is 11.1 Å². The summed E-state index contributed by atoms with van der Waals surface area (Å²) in [5.74, 6) is 1.50. The van der Waals surface area contributed by atoms with Crippen LogP contribution in [-0.4, -0.2) is 11.8 Å². The predicted octanol–water partition coefficient (Wildman–Crippen LogP) is 5.86. The van der Waals surface area contributed by atoms with Crippen LogP contribution in [0.15, 0.2) is 36.4 Å². The lowest BCUT2D eigenvalue weighted by Gasteiger charge is -2.31. The highest BCUT2D eigenvalue weighted by atomic mass is 35.5. The van der Waals surface area contributed by atoms with Crippen molar-refractivity contribution in [3.05, 3.63) is 58.7 Å². The first kappa shape index (κ1) is 14.9. The zero-order chi connectivity index (χ0) is 15.2. The summed E-state index contributed by atoms with van der Waals surface area (Å²) in [6.45, 7) is 6.63. The maximum Gasteiger partial charge on any atom is 0.0490 e. The zero-order valence-corrected chi connectivity index (χ0v) is 14.2. The first-order valence-electron chi connectivity index (χ1n) is 7.42. The molecular weight excluding hydrogens is 299 g/mol. The molecule has 0 atom stereocenters. The molecule has 1 aliphatic carbocycles. The van der Waals surface area contributed by atoms with Crippen LogP contribution in [-0.2, 0) is 5.41 Å². The fourth-order valence-corrected chi connectivity index (χ4v) is 4.59. The minimum atomic E-state index is -0.264. The van der Waals surface area contributed by atoms with Gasteiger partial charge in [0.2, 0.25) is 0 Å². The fourth-order valence-electron chi connectivity index (χ4n) is 3.77. The Morgan fingerprint density at radius 1 is 0.905 bits per heavy atom. The molecule has 0 saturated heterocycles. The number of alkyl halides is 2. The first-order valence-corrected chi connectivity index (χ1v) is 8.49. The van der Waals surface area contributed by atoms with Crippen molar-refractivity contribution in [1.29, 1.82) is 0 Å². The summed E-state index contributed by atoms with van der Waals surface area (Å²) in [6, 6.07) is 13.1. The van der Waals surface area contributed by atoms with Crippen molar-refractivity contribution in [2.24, 2.45) is 0 Å². The molecule has 0 N–H and O–H groups in total. The van der Waals surface area contributed by atoms with Crippen molar-refractivity contribution in [1.82, 2.24) is 0 Å². The maximum absolute atomic E-state index is 6.48. The maximum atomic E-state index is 6.48. The fraction of sp³-hybridized carbons (Fsp3) is 0.368. The van der Waals surface area contributed by atoms with Gasteiger partial charge in [-0.25, -0.2) is 0 Å². The molecule has 2 aromatic carbocycles. The van der Waals surface area contributed by atoms with E-state index in [9.17, 15) is 0 Å². The van der Waals surface area contributed by atoms with E-state index >= 15 is 0 Å². The summed E-state index contributed by atoms with van der Waals surface area (Å²) in [4.78, 5) is 0. The van der Waals surface area contributed by atoms with Gasteiger partial charge in [0, 0.05) is 17.2 Å². The van der Waals surface area contributed by atoms with Gasteiger partial charge in [-0.05, 0) is 46.2 Å². The lowest BCUT2D eigenvalue weighted by Crippen LogP contribution is -2.31. The molecule has 0 heterocycles. The van der Waals surface area contributed by atoms with E-state index in [1.807, 2.05) is 0 Å². The highest BCUT2D eigenvalue weighted by molar-refractivity contribution is 6.23. The molecule has 2 heteroatoms. The van der Waals surface area contributed by atoms with E-state index in [4.69, 9.17) is 23.2 Å². The highest BCUT2D eigenvalue weighted by Gasteiger charge is 2.44. The zero-order valence-electron chi connectivity index (χ0n) is 12.7. The second-order valence-corrected chi connectivity index (χ2v) is 6.81. The standard InChI is InChI=1S/C19H20Cl2/c1-12(2)14-7-5-9-16-15-8-4-6-13(3)17(15)19(10-20,11-21)18(14)16/h4-9,12H,10-11H2,1-3H3. The largest absolute Gasteiger partial charge is 0.125 e. The summed E-state index contributed by atoms with van der Waals surface area (Å²) in [5, 5.41) is 0. The minimum absolute atomic E-state index is 0.264. The Hall–Kier alpha value is -0.980. The quantitative estimate of drug-likeness (QED) is 0.621. The second kappa shape index (κ2) is 5.34. The van der Waals surface area contributed by atoms with E-state index in [2.05, 4.69) is 57.2 Å². The van der Waals surface area contributed by atoms with E-state index in [-0.39, 0.29) is 5.41 Å². The smallest absolute Gasteiger partial charge is 0.0490 e. The van der Waals surface area contributed by atoms with Gasteiger partial charge in [-0.2, -0.15) is 0 Å². The van der Waals surface area contributed by atoms with Gasteiger partial charge in [-0.15, -0.1) is 23.2 Å². The molecular formula is C19H20Cl2. The average Bonchev–Trinajstić information content (AvgIpc) is 2.79. The number of aryl methyl sites for hydroxylation is 1. The molecule has 0 fully saturated rings. The van der Waals surface area contributed by atoms with Gasteiger partial charge < -0.3 is 0 Å². The third-order valence-corrected chi connectivity index (χ3v) is 5.61. The molecule has 1 aliphatic rings. The van der Waals surface area contributed by atoms with Crippen LogP contribution in [0, 0.1) is 6.92 Å². The van der Waals surface area contributed by atoms with E-state index in [1.54, 1.807) is 0 Å². The van der Waals surface area contributed by atoms with Gasteiger partial charge >= 0.3 is 0 Å². The highest BCUT2D eigenvalue weighted by Crippen LogP contribution is 2.53. The number of rotatable bonds is 3. The van der Waals surface area contributed by atoms with Crippen molar-refractivity contribution < 1.29 is 0 Å². The van der Waals surface area contributed by atoms with Gasteiger partial charge in [-0.3, -0.25) is 0 Å². The van der Waals surface area contributed by atoms with E-state index in [1.165, 1.54) is 33.4 Å². The molecule has 110 valence electrons. The number of halogens is 2. The molecule has 0 aliphatic heterocycles. The van der Waals surface area contributed by atoms with Gasteiger partial charge in [0.05, 0.1) is 0 Å². The van der Waals surface area contributed by atoms with Gasteiger partial charge in [0.25, 0.3) is 0 Å². The van der Waals surface area contributed by atoms with Crippen molar-refractivity contribution >= 4 is 23.2 Å². The van der Waals surface area contributed by atoms with Crippen molar-refractivity contribution in [3.63, 3.8) is 0 Å². The lowest BCUT2D eigenvalue weighted by molar-refractivity contribution is 0.653. The Labute approximate surface area is 137 Å². The monoisotopic (exact) mass is 318 g/mol. The number of hydrogen-bond acceptors (Lipinski definition) is 0. The van der Waals surface area contributed by atoms with Crippen molar-refractivity contribution in [2.75, 3.05) is 11.8 Å². The van der Waals surface area contributed by atoms with E-state index in [0.717, 1.165) is 0 Å². The molecule has 0 saturated carbocycles. The van der Waals surface area contributed by atoms with Gasteiger partial charge in [-0.1, -0.05) is 50.2 Å². The Kier molecular flexibility index (Phi) is 3.80. The van der Waals surface area contributed by atoms with E-state index < -0.39 is 0 Å². The molecule has 0 radical (unpaired) electrons. The normalized spacial score (nSPS) is 15.1. The molecule has 2 aromatic rings. The third kappa shape index (κ3) is 1.96. The van der Waals surface area contributed by atoms with Crippen LogP contribution < -0.4 is 0 Å². The summed E-state index contributed by atoms with van der Waals surface area (Å²) in [6.07, 6.45) is 0. The van der Waals surface area contributed by atoms with Crippen LogP contribution in [0.4, 0.5) is 0 Å². The SMILES string of the molecule is Cc1cccc2c1C(CCl)(CCl)c1c-2cccc1C(C)C. The first-order chi connectivity index (χ1) is 10.1. The van der Waals surface area contributed by atoms with E-state index in [0.29, 0.717) is 17.7 Å². The molecule has 0 unspecified atom stereocenters. The van der Waals surface area contributed by atoms with Crippen LogP contribution >= 0.6 is 23.2 Å². The summed E-state index contributed by atoms with van der Waals surface area (Å²) in [5.41, 5.74) is 7.64. The Bertz CT molecular complexity index is 682. The predicted molar refractivity (Wildman–Crippen MR) is 92.9 cm³/mol. The molecule has 0 bridgehead atoms. The Morgan fingerprint density at radius 3 is 2.05 bits per heavy atom. The molecule has 0 amide bonds. The lowest BCUT2D eigenvalue weighted by atomic mass is 9.76. The summed E-state index contributed by atoms with van der Waals surface area (Å²) < 4.78 is 0. The second-order valence-electron chi connectivity index (χ2n) is 6.27. The molecule has 0 aromatic heterocycles. The number of hydrogen-bond donors (Lipinski definition) is 0. The Morgan fingerprint density at radius 2 is 1.48 bits per heavy atom. The Balaban J connectivity index is 2.44. The van der Waals surface area contributed by atoms with Crippen LogP contribution in [0.3, 0.4) is 0 Å². The topological polar surface area (TPSA) is 0 Å². The number of benzene rings is 2.